The number of ether oxygens (including phenoxy) is 1. The highest BCUT2D eigenvalue weighted by atomic mass is 16.5. The van der Waals surface area contributed by atoms with E-state index in [9.17, 15) is 0 Å². The van der Waals surface area contributed by atoms with Crippen LogP contribution in [0.1, 0.15) is 12.1 Å². The van der Waals surface area contributed by atoms with E-state index in [2.05, 4.69) is 26.3 Å². The lowest BCUT2D eigenvalue weighted by atomic mass is 10.3. The van der Waals surface area contributed by atoms with Gasteiger partial charge in [0.1, 0.15) is 12.1 Å². The number of aromatic nitrogens is 2. The third-order valence-electron chi connectivity index (χ3n) is 2.94. The molecule has 17 heavy (non-hydrogen) atoms. The normalized spacial score (nSPS) is 16.9. The second-order valence-corrected chi connectivity index (χ2v) is 4.20. The first-order valence-corrected chi connectivity index (χ1v) is 6.15. The molecular formula is C12H20N4O. The first-order valence-electron chi connectivity index (χ1n) is 6.15. The van der Waals surface area contributed by atoms with E-state index in [0.717, 1.165) is 50.5 Å². The molecular weight excluding hydrogens is 216 g/mol. The average molecular weight is 236 g/mol. The summed E-state index contributed by atoms with van der Waals surface area (Å²) in [5, 5.41) is 3.39. The maximum Gasteiger partial charge on any atom is 0.132 e. The van der Waals surface area contributed by atoms with E-state index < -0.39 is 0 Å². The van der Waals surface area contributed by atoms with Gasteiger partial charge in [0.15, 0.2) is 0 Å². The molecule has 0 unspecified atom stereocenters. The molecule has 1 aromatic rings. The standard InChI is InChI=1S/C12H20N4O/c1-17-8-3-11-9-12(15-10-14-11)16-6-2-4-13-5-7-16/h9-10,13H,2-8H2,1H3. The van der Waals surface area contributed by atoms with Crippen LogP contribution in [0.2, 0.25) is 0 Å². The summed E-state index contributed by atoms with van der Waals surface area (Å²) in [7, 11) is 1.71. The number of anilines is 1. The van der Waals surface area contributed by atoms with Crippen molar-refractivity contribution >= 4 is 5.82 Å². The van der Waals surface area contributed by atoms with E-state index in [4.69, 9.17) is 4.74 Å². The summed E-state index contributed by atoms with van der Waals surface area (Å²) in [5.41, 5.74) is 1.05. The molecule has 0 spiro atoms. The zero-order valence-electron chi connectivity index (χ0n) is 10.4. The Hall–Kier alpha value is -1.20. The molecule has 0 bridgehead atoms. The number of hydrogen-bond acceptors (Lipinski definition) is 5. The van der Waals surface area contributed by atoms with E-state index >= 15 is 0 Å². The van der Waals surface area contributed by atoms with Gasteiger partial charge in [-0.2, -0.15) is 0 Å². The molecule has 2 rings (SSSR count). The first kappa shape index (κ1) is 12.3. The van der Waals surface area contributed by atoms with Gasteiger partial charge in [0.05, 0.1) is 6.61 Å². The van der Waals surface area contributed by atoms with Gasteiger partial charge in [0, 0.05) is 44.9 Å². The van der Waals surface area contributed by atoms with Gasteiger partial charge in [-0.25, -0.2) is 9.97 Å². The molecule has 0 saturated carbocycles. The Balaban J connectivity index is 2.03. The van der Waals surface area contributed by atoms with Crippen molar-refractivity contribution in [3.63, 3.8) is 0 Å². The quantitative estimate of drug-likeness (QED) is 0.823. The van der Waals surface area contributed by atoms with E-state index in [1.165, 1.54) is 0 Å². The number of nitrogens with zero attached hydrogens (tertiary/aromatic N) is 3. The molecule has 1 N–H and O–H groups in total. The lowest BCUT2D eigenvalue weighted by Gasteiger charge is -2.21. The fraction of sp³-hybridized carbons (Fsp3) is 0.667. The molecule has 0 aromatic carbocycles. The summed E-state index contributed by atoms with van der Waals surface area (Å²) in [6.45, 7) is 4.90. The zero-order chi connectivity index (χ0) is 11.9. The smallest absolute Gasteiger partial charge is 0.132 e. The molecule has 94 valence electrons. The molecule has 1 fully saturated rings. The van der Waals surface area contributed by atoms with Crippen molar-refractivity contribution in [1.29, 1.82) is 0 Å². The Morgan fingerprint density at radius 3 is 3.18 bits per heavy atom. The number of nitrogens with one attached hydrogen (secondary N) is 1. The largest absolute Gasteiger partial charge is 0.384 e. The monoisotopic (exact) mass is 236 g/mol. The van der Waals surface area contributed by atoms with Crippen molar-refractivity contribution in [3.05, 3.63) is 18.1 Å². The van der Waals surface area contributed by atoms with Gasteiger partial charge in [-0.15, -0.1) is 0 Å². The van der Waals surface area contributed by atoms with Crippen LogP contribution >= 0.6 is 0 Å². The second kappa shape index (κ2) is 6.51. The van der Waals surface area contributed by atoms with Crippen LogP contribution in [0.15, 0.2) is 12.4 Å². The molecule has 5 heteroatoms. The molecule has 5 nitrogen and oxygen atoms in total. The maximum atomic E-state index is 5.07. The van der Waals surface area contributed by atoms with Crippen LogP contribution in [0.5, 0.6) is 0 Å². The molecule has 0 aliphatic carbocycles. The Bertz CT molecular complexity index is 337. The van der Waals surface area contributed by atoms with Crippen molar-refractivity contribution in [2.45, 2.75) is 12.8 Å². The van der Waals surface area contributed by atoms with Gasteiger partial charge < -0.3 is 15.0 Å². The zero-order valence-corrected chi connectivity index (χ0v) is 10.4. The Morgan fingerprint density at radius 1 is 1.35 bits per heavy atom. The van der Waals surface area contributed by atoms with Crippen LogP contribution < -0.4 is 10.2 Å². The Labute approximate surface area is 102 Å². The number of hydrogen-bond donors (Lipinski definition) is 1. The summed E-state index contributed by atoms with van der Waals surface area (Å²) < 4.78 is 5.07. The van der Waals surface area contributed by atoms with Gasteiger partial charge in [-0.3, -0.25) is 0 Å². The van der Waals surface area contributed by atoms with E-state index in [1.807, 2.05) is 0 Å². The minimum atomic E-state index is 0.706. The van der Waals surface area contributed by atoms with Crippen LogP contribution in [0.4, 0.5) is 5.82 Å². The van der Waals surface area contributed by atoms with Gasteiger partial charge in [-0.05, 0) is 13.0 Å². The van der Waals surface area contributed by atoms with E-state index in [-0.39, 0.29) is 0 Å². The highest BCUT2D eigenvalue weighted by molar-refractivity contribution is 5.39. The van der Waals surface area contributed by atoms with Crippen molar-refractivity contribution in [3.8, 4) is 0 Å². The Kier molecular flexibility index (Phi) is 4.70. The molecule has 2 heterocycles. The topological polar surface area (TPSA) is 50.3 Å². The minimum Gasteiger partial charge on any atom is -0.384 e. The molecule has 1 saturated heterocycles. The predicted octanol–water partition coefficient (Wildman–Crippen LogP) is 0.465. The summed E-state index contributed by atoms with van der Waals surface area (Å²) >= 11 is 0. The lowest BCUT2D eigenvalue weighted by molar-refractivity contribution is 0.201. The molecule has 0 amide bonds. The second-order valence-electron chi connectivity index (χ2n) is 4.20. The van der Waals surface area contributed by atoms with Crippen molar-refractivity contribution in [2.75, 3.05) is 44.8 Å². The third kappa shape index (κ3) is 3.64. The fourth-order valence-electron chi connectivity index (χ4n) is 1.98. The average Bonchev–Trinajstić information content (AvgIpc) is 2.65. The van der Waals surface area contributed by atoms with E-state index in [0.29, 0.717) is 6.61 Å². The van der Waals surface area contributed by atoms with Crippen LogP contribution in [0.25, 0.3) is 0 Å². The maximum absolute atomic E-state index is 5.07. The molecule has 1 aromatic heterocycles. The van der Waals surface area contributed by atoms with Crippen LogP contribution in [0.3, 0.4) is 0 Å². The summed E-state index contributed by atoms with van der Waals surface area (Å²) in [4.78, 5) is 10.9. The number of rotatable bonds is 4. The molecule has 1 aliphatic rings. The number of methoxy groups -OCH3 is 1. The third-order valence-corrected chi connectivity index (χ3v) is 2.94. The van der Waals surface area contributed by atoms with Crippen molar-refractivity contribution < 1.29 is 4.74 Å². The van der Waals surface area contributed by atoms with Gasteiger partial charge in [-0.1, -0.05) is 0 Å². The van der Waals surface area contributed by atoms with Gasteiger partial charge >= 0.3 is 0 Å². The molecule has 1 aliphatic heterocycles. The first-order chi connectivity index (χ1) is 8.40. The van der Waals surface area contributed by atoms with Crippen molar-refractivity contribution in [2.24, 2.45) is 0 Å². The van der Waals surface area contributed by atoms with Crippen molar-refractivity contribution in [1.82, 2.24) is 15.3 Å². The summed E-state index contributed by atoms with van der Waals surface area (Å²) in [6, 6.07) is 2.07. The molecule has 0 atom stereocenters. The predicted molar refractivity (Wildman–Crippen MR) is 67.3 cm³/mol. The van der Waals surface area contributed by atoms with Gasteiger partial charge in [0.25, 0.3) is 0 Å². The Morgan fingerprint density at radius 2 is 2.29 bits per heavy atom. The highest BCUT2D eigenvalue weighted by Crippen LogP contribution is 2.12. The summed E-state index contributed by atoms with van der Waals surface area (Å²) in [5.74, 6) is 1.04. The molecule has 0 radical (unpaired) electrons. The fourth-order valence-corrected chi connectivity index (χ4v) is 1.98. The highest BCUT2D eigenvalue weighted by Gasteiger charge is 2.11. The van der Waals surface area contributed by atoms with E-state index in [1.54, 1.807) is 13.4 Å². The minimum absolute atomic E-state index is 0.706. The van der Waals surface area contributed by atoms with Crippen LogP contribution in [-0.4, -0.2) is 49.9 Å². The summed E-state index contributed by atoms with van der Waals surface area (Å²) in [6.07, 6.45) is 3.66. The lowest BCUT2D eigenvalue weighted by Crippen LogP contribution is -2.28. The van der Waals surface area contributed by atoms with Crippen LogP contribution in [0, 0.1) is 0 Å². The van der Waals surface area contributed by atoms with Gasteiger partial charge in [0.2, 0.25) is 0 Å². The van der Waals surface area contributed by atoms with Crippen LogP contribution in [-0.2, 0) is 11.2 Å². The SMILES string of the molecule is COCCc1cc(N2CCCNCC2)ncn1.